The third-order valence-electron chi connectivity index (χ3n) is 4.93. The van der Waals surface area contributed by atoms with Crippen molar-refractivity contribution >= 4 is 11.4 Å². The van der Waals surface area contributed by atoms with Gasteiger partial charge in [-0.2, -0.15) is 0 Å². The minimum absolute atomic E-state index is 0.776. The topological polar surface area (TPSA) is 41.7 Å². The van der Waals surface area contributed by atoms with Crippen molar-refractivity contribution in [1.82, 2.24) is 4.90 Å². The molecule has 4 heteroatoms. The lowest BCUT2D eigenvalue weighted by molar-refractivity contribution is 0.249. The van der Waals surface area contributed by atoms with Gasteiger partial charge in [-0.3, -0.25) is 0 Å². The maximum Gasteiger partial charge on any atom is 0.143 e. The number of hydrogen-bond acceptors (Lipinski definition) is 4. The summed E-state index contributed by atoms with van der Waals surface area (Å²) in [4.78, 5) is 5.05. The molecule has 0 spiro atoms. The highest BCUT2D eigenvalue weighted by atomic mass is 16.5. The van der Waals surface area contributed by atoms with E-state index in [0.717, 1.165) is 36.1 Å². The first kappa shape index (κ1) is 14.5. The molecule has 2 N–H and O–H groups in total. The van der Waals surface area contributed by atoms with Crippen molar-refractivity contribution in [2.45, 2.75) is 25.7 Å². The van der Waals surface area contributed by atoms with Gasteiger partial charge in [0.15, 0.2) is 0 Å². The van der Waals surface area contributed by atoms with Gasteiger partial charge < -0.3 is 20.3 Å². The Balaban J connectivity index is 1.58. The highest BCUT2D eigenvalue weighted by Gasteiger charge is 2.24. The molecule has 0 radical (unpaired) electrons. The van der Waals surface area contributed by atoms with Crippen LogP contribution in [0.3, 0.4) is 0 Å². The molecule has 2 aliphatic heterocycles. The molecule has 2 saturated heterocycles. The number of nitrogens with zero attached hydrogens (tertiary/aromatic N) is 2. The van der Waals surface area contributed by atoms with E-state index >= 15 is 0 Å². The normalized spacial score (nSPS) is 20.9. The fraction of sp³-hybridized carbons (Fsp3) is 0.647. The summed E-state index contributed by atoms with van der Waals surface area (Å²) in [6.45, 7) is 6.12. The molecule has 116 valence electrons. The van der Waals surface area contributed by atoms with Crippen molar-refractivity contribution < 1.29 is 4.74 Å². The Labute approximate surface area is 127 Å². The number of nitrogen functional groups attached to an aromatic ring is 1. The Kier molecular flexibility index (Phi) is 4.54. The highest BCUT2D eigenvalue weighted by molar-refractivity contribution is 5.74. The van der Waals surface area contributed by atoms with Gasteiger partial charge in [0.2, 0.25) is 0 Å². The summed E-state index contributed by atoms with van der Waals surface area (Å²) in [6.07, 6.45) is 5.32. The monoisotopic (exact) mass is 289 g/mol. The Morgan fingerprint density at radius 1 is 1.14 bits per heavy atom. The zero-order valence-corrected chi connectivity index (χ0v) is 13.1. The molecular formula is C17H27N3O. The summed E-state index contributed by atoms with van der Waals surface area (Å²) in [5.74, 6) is 1.64. The van der Waals surface area contributed by atoms with Crippen molar-refractivity contribution in [3.8, 4) is 5.75 Å². The second-order valence-corrected chi connectivity index (χ2v) is 6.33. The van der Waals surface area contributed by atoms with E-state index in [4.69, 9.17) is 10.5 Å². The van der Waals surface area contributed by atoms with Crippen LogP contribution >= 0.6 is 0 Å². The summed E-state index contributed by atoms with van der Waals surface area (Å²) >= 11 is 0. The van der Waals surface area contributed by atoms with E-state index in [1.54, 1.807) is 7.11 Å². The van der Waals surface area contributed by atoms with Crippen LogP contribution in [0, 0.1) is 5.92 Å². The van der Waals surface area contributed by atoms with E-state index in [1.807, 2.05) is 12.1 Å². The second-order valence-electron chi connectivity index (χ2n) is 6.33. The lowest BCUT2D eigenvalue weighted by Gasteiger charge is -2.36. The van der Waals surface area contributed by atoms with Crippen LogP contribution in [0.25, 0.3) is 0 Å². The minimum Gasteiger partial charge on any atom is -0.495 e. The van der Waals surface area contributed by atoms with E-state index in [2.05, 4.69) is 15.9 Å². The van der Waals surface area contributed by atoms with Gasteiger partial charge in [0.1, 0.15) is 5.75 Å². The van der Waals surface area contributed by atoms with Gasteiger partial charge in [-0.1, -0.05) is 6.07 Å². The SMILES string of the molecule is COc1cccc(N2CCC(CN3CCCC3)CC2)c1N. The number of rotatable bonds is 4. The van der Waals surface area contributed by atoms with E-state index in [1.165, 1.54) is 45.3 Å². The number of benzene rings is 1. The molecular weight excluding hydrogens is 262 g/mol. The molecule has 1 aromatic rings. The molecule has 0 amide bonds. The number of piperidine rings is 1. The molecule has 21 heavy (non-hydrogen) atoms. The number of methoxy groups -OCH3 is 1. The standard InChI is InChI=1S/C17H27N3O/c1-21-16-6-4-5-15(17(16)18)20-11-7-14(8-12-20)13-19-9-2-3-10-19/h4-6,14H,2-3,7-13,18H2,1H3. The molecule has 0 unspecified atom stereocenters. The van der Waals surface area contributed by atoms with E-state index < -0.39 is 0 Å². The molecule has 0 aliphatic carbocycles. The van der Waals surface area contributed by atoms with Gasteiger partial charge in [-0.05, 0) is 56.8 Å². The summed E-state index contributed by atoms with van der Waals surface area (Å²) in [5.41, 5.74) is 8.13. The van der Waals surface area contributed by atoms with Crippen molar-refractivity contribution in [3.05, 3.63) is 18.2 Å². The number of likely N-dealkylation sites (tertiary alicyclic amines) is 1. The molecule has 1 aromatic carbocycles. The molecule has 0 aromatic heterocycles. The maximum atomic E-state index is 6.22. The van der Waals surface area contributed by atoms with Crippen LogP contribution in [0.4, 0.5) is 11.4 Å². The predicted octanol–water partition coefficient (Wildman–Crippen LogP) is 2.59. The van der Waals surface area contributed by atoms with Crippen molar-refractivity contribution in [2.75, 3.05) is 50.5 Å². The van der Waals surface area contributed by atoms with Gasteiger partial charge in [0.05, 0.1) is 18.5 Å². The molecule has 4 nitrogen and oxygen atoms in total. The summed E-state index contributed by atoms with van der Waals surface area (Å²) < 4.78 is 5.33. The minimum atomic E-state index is 0.776. The van der Waals surface area contributed by atoms with Gasteiger partial charge in [0, 0.05) is 19.6 Å². The van der Waals surface area contributed by atoms with Gasteiger partial charge in [-0.15, -0.1) is 0 Å². The van der Waals surface area contributed by atoms with Gasteiger partial charge >= 0.3 is 0 Å². The molecule has 2 aliphatic rings. The van der Waals surface area contributed by atoms with Crippen LogP contribution in [-0.2, 0) is 0 Å². The summed E-state index contributed by atoms with van der Waals surface area (Å²) in [6, 6.07) is 6.07. The van der Waals surface area contributed by atoms with Gasteiger partial charge in [-0.25, -0.2) is 0 Å². The zero-order chi connectivity index (χ0) is 14.7. The van der Waals surface area contributed by atoms with Crippen LogP contribution in [-0.4, -0.2) is 44.7 Å². The fourth-order valence-electron chi connectivity index (χ4n) is 3.67. The zero-order valence-electron chi connectivity index (χ0n) is 13.1. The average Bonchev–Trinajstić information content (AvgIpc) is 3.01. The largest absolute Gasteiger partial charge is 0.495 e. The van der Waals surface area contributed by atoms with Crippen LogP contribution in [0.2, 0.25) is 0 Å². The fourth-order valence-corrected chi connectivity index (χ4v) is 3.67. The number of ether oxygens (including phenoxy) is 1. The Hall–Kier alpha value is -1.42. The van der Waals surface area contributed by atoms with Gasteiger partial charge in [0.25, 0.3) is 0 Å². The number of anilines is 2. The third kappa shape index (κ3) is 3.26. The molecule has 2 fully saturated rings. The quantitative estimate of drug-likeness (QED) is 0.865. The smallest absolute Gasteiger partial charge is 0.143 e. The Morgan fingerprint density at radius 3 is 2.52 bits per heavy atom. The van der Waals surface area contributed by atoms with Crippen LogP contribution in [0.1, 0.15) is 25.7 Å². The lowest BCUT2D eigenvalue weighted by Crippen LogP contribution is -2.38. The average molecular weight is 289 g/mol. The highest BCUT2D eigenvalue weighted by Crippen LogP contribution is 2.34. The van der Waals surface area contributed by atoms with E-state index in [0.29, 0.717) is 0 Å². The molecule has 2 heterocycles. The second kappa shape index (κ2) is 6.56. The molecule has 0 atom stereocenters. The predicted molar refractivity (Wildman–Crippen MR) is 88.0 cm³/mol. The molecule has 0 bridgehead atoms. The first-order valence-corrected chi connectivity index (χ1v) is 8.17. The first-order valence-electron chi connectivity index (χ1n) is 8.17. The molecule has 0 saturated carbocycles. The van der Waals surface area contributed by atoms with Crippen LogP contribution in [0.15, 0.2) is 18.2 Å². The third-order valence-corrected chi connectivity index (χ3v) is 4.93. The van der Waals surface area contributed by atoms with Crippen LogP contribution < -0.4 is 15.4 Å². The van der Waals surface area contributed by atoms with Crippen LogP contribution in [0.5, 0.6) is 5.75 Å². The summed E-state index contributed by atoms with van der Waals surface area (Å²) in [5, 5.41) is 0. The van der Waals surface area contributed by atoms with Crippen molar-refractivity contribution in [3.63, 3.8) is 0 Å². The molecule has 3 rings (SSSR count). The number of para-hydroxylation sites is 1. The van der Waals surface area contributed by atoms with E-state index in [9.17, 15) is 0 Å². The summed E-state index contributed by atoms with van der Waals surface area (Å²) in [7, 11) is 1.68. The number of hydrogen-bond donors (Lipinski definition) is 1. The Morgan fingerprint density at radius 2 is 1.86 bits per heavy atom. The first-order chi connectivity index (χ1) is 10.3. The lowest BCUT2D eigenvalue weighted by atomic mass is 9.95. The Bertz CT molecular complexity index is 463. The maximum absolute atomic E-state index is 6.22. The van der Waals surface area contributed by atoms with E-state index in [-0.39, 0.29) is 0 Å². The van der Waals surface area contributed by atoms with Crippen molar-refractivity contribution in [1.29, 1.82) is 0 Å². The van der Waals surface area contributed by atoms with Crippen molar-refractivity contribution in [2.24, 2.45) is 5.92 Å². The number of nitrogens with two attached hydrogens (primary N) is 1.